The molecule has 6 rings (SSSR count). The van der Waals surface area contributed by atoms with Crippen LogP contribution in [0.1, 0.15) is 152 Å². The number of amides is 6. The van der Waals surface area contributed by atoms with E-state index >= 15 is 0 Å². The van der Waals surface area contributed by atoms with Crippen LogP contribution in [-0.4, -0.2) is 172 Å². The van der Waals surface area contributed by atoms with Gasteiger partial charge >= 0.3 is 0 Å². The van der Waals surface area contributed by atoms with Crippen molar-refractivity contribution in [1.82, 2.24) is 81.3 Å². The first-order valence-corrected chi connectivity index (χ1v) is 28.0. The molecule has 0 radical (unpaired) electrons. The lowest BCUT2D eigenvalue weighted by molar-refractivity contribution is -0.142. The van der Waals surface area contributed by atoms with Crippen molar-refractivity contribution in [2.24, 2.45) is 10.8 Å². The first kappa shape index (κ1) is 63.2. The number of tetrazole rings is 2. The summed E-state index contributed by atoms with van der Waals surface area (Å²) in [5.41, 5.74) is 0.402. The molecule has 0 aliphatic carbocycles. The molecule has 2 aliphatic heterocycles. The molecule has 2 fully saturated rings. The summed E-state index contributed by atoms with van der Waals surface area (Å²) in [6.07, 6.45) is 8.22. The Morgan fingerprint density at radius 2 is 0.924 bits per heavy atom. The normalized spacial score (nSPS) is 17.1. The van der Waals surface area contributed by atoms with Crippen molar-refractivity contribution < 1.29 is 28.8 Å². The van der Waals surface area contributed by atoms with Crippen molar-refractivity contribution in [3.8, 4) is 11.4 Å². The van der Waals surface area contributed by atoms with Crippen LogP contribution >= 0.6 is 0 Å². The summed E-state index contributed by atoms with van der Waals surface area (Å²) in [7, 11) is 3.41. The second-order valence-electron chi connectivity index (χ2n) is 23.1. The van der Waals surface area contributed by atoms with Crippen molar-refractivity contribution >= 4 is 35.4 Å². The van der Waals surface area contributed by atoms with Crippen LogP contribution in [0.5, 0.6) is 0 Å². The lowest BCUT2D eigenvalue weighted by atomic mass is 9.85. The second-order valence-corrected chi connectivity index (χ2v) is 23.1. The minimum atomic E-state index is -0.764. The number of benzene rings is 2. The van der Waals surface area contributed by atoms with Crippen LogP contribution in [0, 0.1) is 10.8 Å². The summed E-state index contributed by atoms with van der Waals surface area (Å²) in [6, 6.07) is 16.0. The quantitative estimate of drug-likeness (QED) is 0.0574. The van der Waals surface area contributed by atoms with E-state index in [0.717, 1.165) is 49.9 Å². The summed E-state index contributed by atoms with van der Waals surface area (Å²) < 4.78 is 3.26. The van der Waals surface area contributed by atoms with Crippen LogP contribution in [-0.2, 0) is 41.9 Å². The average Bonchev–Trinajstić information content (AvgIpc) is 4.36. The van der Waals surface area contributed by atoms with E-state index in [1.165, 1.54) is 0 Å². The largest absolute Gasteiger partial charge is 0.342 e. The number of hydrogen-bond donors (Lipinski definition) is 4. The van der Waals surface area contributed by atoms with E-state index in [9.17, 15) is 28.8 Å². The standard InChI is InChI=1S/C56H86N16O6.CH4/c1-39(57-9)51(75)59-49(55(3,4)5)53(77)69-33-23-29-43(69)35-67(37-45-61-63-65-71(45)41-25-17-15-18-26-41)47(73)31-21-13-11-12-14-22-32-48(74)68(38-46-62-64-66-72(46)42-27-19-16-20-28-42)36-44-30-24-34-70(44)54(78)50(56(6,7)8)60-52(76)40(2)58-10;/h15-20,25-28,39-40,43-44,49-50,57-58H,11-14,21-24,29-38H2,1-10H3,(H,59,75)(H,60,76);1H4/t39-,40-,43-,44-,49+,50+;/m0./s1. The summed E-state index contributed by atoms with van der Waals surface area (Å²) in [5, 5.41) is 37.0. The molecule has 434 valence electrons. The van der Waals surface area contributed by atoms with Gasteiger partial charge in [-0.25, -0.2) is 0 Å². The zero-order valence-corrected chi connectivity index (χ0v) is 47.8. The van der Waals surface area contributed by atoms with Gasteiger partial charge in [0.15, 0.2) is 11.6 Å². The minimum Gasteiger partial charge on any atom is -0.342 e. The number of carbonyl (C=O) groups excluding carboxylic acids is 6. The Balaban J connectivity index is 0.0000115. The third-order valence-electron chi connectivity index (χ3n) is 15.1. The van der Waals surface area contributed by atoms with Crippen LogP contribution in [0.2, 0.25) is 0 Å². The Morgan fingerprint density at radius 1 is 0.570 bits per heavy atom. The lowest BCUT2D eigenvalue weighted by Crippen LogP contribution is -2.59. The van der Waals surface area contributed by atoms with Crippen LogP contribution < -0.4 is 21.3 Å². The second kappa shape index (κ2) is 29.5. The highest BCUT2D eigenvalue weighted by Crippen LogP contribution is 2.29. The van der Waals surface area contributed by atoms with Crippen molar-refractivity contribution in [3.63, 3.8) is 0 Å². The number of rotatable bonds is 27. The molecule has 0 saturated carbocycles. The van der Waals surface area contributed by atoms with Gasteiger partial charge in [-0.05, 0) is 122 Å². The van der Waals surface area contributed by atoms with Gasteiger partial charge in [-0.15, -0.1) is 10.2 Å². The Morgan fingerprint density at radius 3 is 1.27 bits per heavy atom. The zero-order valence-electron chi connectivity index (χ0n) is 47.8. The fourth-order valence-electron chi connectivity index (χ4n) is 10.1. The minimum absolute atomic E-state index is 0. The molecular weight excluding hydrogens is 1000 g/mol. The number of para-hydroxylation sites is 2. The van der Waals surface area contributed by atoms with E-state index in [-0.39, 0.29) is 81.1 Å². The summed E-state index contributed by atoms with van der Waals surface area (Å²) >= 11 is 0. The molecule has 0 spiro atoms. The maximum absolute atomic E-state index is 14.4. The number of likely N-dealkylation sites (tertiary alicyclic amines) is 2. The smallest absolute Gasteiger partial charge is 0.246 e. The van der Waals surface area contributed by atoms with E-state index in [1.807, 2.05) is 112 Å². The Hall–Kier alpha value is -6.68. The van der Waals surface area contributed by atoms with Gasteiger partial charge in [0, 0.05) is 51.1 Å². The molecular formula is C57H90N16O6. The molecule has 22 nitrogen and oxygen atoms in total. The highest BCUT2D eigenvalue weighted by molar-refractivity contribution is 5.91. The van der Waals surface area contributed by atoms with E-state index in [2.05, 4.69) is 52.3 Å². The van der Waals surface area contributed by atoms with Crippen molar-refractivity contribution in [1.29, 1.82) is 0 Å². The topological polar surface area (TPSA) is 251 Å². The third kappa shape index (κ3) is 17.4. The molecule has 2 aromatic heterocycles. The molecule has 0 unspecified atom stereocenters. The van der Waals surface area contributed by atoms with E-state index in [1.54, 1.807) is 47.1 Å². The first-order chi connectivity index (χ1) is 37.2. The van der Waals surface area contributed by atoms with Gasteiger partial charge in [0.05, 0.1) is 36.5 Å². The molecule has 2 aromatic carbocycles. The predicted octanol–water partition coefficient (Wildman–Crippen LogP) is 5.01. The van der Waals surface area contributed by atoms with Crippen molar-refractivity contribution in [3.05, 3.63) is 72.3 Å². The molecule has 4 heterocycles. The monoisotopic (exact) mass is 1090 g/mol. The van der Waals surface area contributed by atoms with Gasteiger partial charge in [-0.1, -0.05) is 111 Å². The molecule has 6 atom stereocenters. The molecule has 4 N–H and O–H groups in total. The number of likely N-dealkylation sites (N-methyl/N-ethyl adjacent to an activating group) is 2. The van der Waals surface area contributed by atoms with Gasteiger partial charge in [-0.3, -0.25) is 28.8 Å². The van der Waals surface area contributed by atoms with Crippen molar-refractivity contribution in [2.75, 3.05) is 40.3 Å². The average molecular weight is 1100 g/mol. The number of hydrogen-bond acceptors (Lipinski definition) is 14. The maximum Gasteiger partial charge on any atom is 0.246 e. The zero-order chi connectivity index (χ0) is 56.6. The molecule has 2 saturated heterocycles. The van der Waals surface area contributed by atoms with Crippen LogP contribution in [0.15, 0.2) is 60.7 Å². The fraction of sp³-hybridized carbons (Fsp3) is 0.649. The third-order valence-corrected chi connectivity index (χ3v) is 15.1. The highest BCUT2D eigenvalue weighted by Gasteiger charge is 2.43. The number of nitrogens with one attached hydrogen (secondary N) is 4. The number of aromatic nitrogens is 8. The number of carbonyl (C=O) groups is 6. The SMILES string of the molecule is C.CN[C@@H](C)C(=O)N[C@H](C(=O)N1CCC[C@H]1CN(Cc1nnnn1-c1ccccc1)C(=O)CCCCCCCCC(=O)N(Cc1nnnn1-c1ccccc1)C[C@@H]1CCCN1C(=O)[C@@H](NC(=O)[C@H](C)NC)C(C)(C)C)C(C)(C)C. The van der Waals surface area contributed by atoms with E-state index in [4.69, 9.17) is 0 Å². The van der Waals surface area contributed by atoms with E-state index in [0.29, 0.717) is 63.3 Å². The summed E-state index contributed by atoms with van der Waals surface area (Å²) in [4.78, 5) is 90.8. The van der Waals surface area contributed by atoms with E-state index < -0.39 is 35.0 Å². The van der Waals surface area contributed by atoms with Gasteiger partial charge in [0.2, 0.25) is 35.4 Å². The van der Waals surface area contributed by atoms with Crippen LogP contribution in [0.3, 0.4) is 0 Å². The molecule has 0 bridgehead atoms. The van der Waals surface area contributed by atoms with Crippen LogP contribution in [0.4, 0.5) is 0 Å². The van der Waals surface area contributed by atoms with Gasteiger partial charge in [-0.2, -0.15) is 9.36 Å². The number of nitrogens with zero attached hydrogens (tertiary/aromatic N) is 12. The summed E-state index contributed by atoms with van der Waals surface area (Å²) in [6.45, 7) is 17.1. The first-order valence-electron chi connectivity index (χ1n) is 28.0. The van der Waals surface area contributed by atoms with Crippen molar-refractivity contribution in [2.45, 2.75) is 189 Å². The van der Waals surface area contributed by atoms with Gasteiger partial charge in [0.1, 0.15) is 12.1 Å². The molecule has 22 heteroatoms. The maximum atomic E-state index is 14.4. The summed E-state index contributed by atoms with van der Waals surface area (Å²) in [5.74, 6) is 0.0336. The molecule has 6 amide bonds. The Labute approximate surface area is 467 Å². The lowest BCUT2D eigenvalue weighted by Gasteiger charge is -2.37. The highest BCUT2D eigenvalue weighted by atomic mass is 16.2. The molecule has 4 aromatic rings. The fourth-order valence-corrected chi connectivity index (χ4v) is 10.1. The van der Waals surface area contributed by atoms with Gasteiger partial charge in [0.25, 0.3) is 0 Å². The molecule has 79 heavy (non-hydrogen) atoms. The van der Waals surface area contributed by atoms with Crippen LogP contribution in [0.25, 0.3) is 11.4 Å². The Kier molecular flexibility index (Phi) is 23.6. The Bertz CT molecular complexity index is 2400. The number of unbranched alkanes of at least 4 members (excludes halogenated alkanes) is 5. The molecule has 2 aliphatic rings. The van der Waals surface area contributed by atoms with Gasteiger partial charge < -0.3 is 40.9 Å². The predicted molar refractivity (Wildman–Crippen MR) is 302 cm³/mol.